The van der Waals surface area contributed by atoms with Crippen molar-refractivity contribution in [3.63, 3.8) is 0 Å². The van der Waals surface area contributed by atoms with Crippen LogP contribution in [0.15, 0.2) is 12.2 Å². The van der Waals surface area contributed by atoms with Crippen LogP contribution in [0.2, 0.25) is 0 Å². The van der Waals surface area contributed by atoms with Crippen LogP contribution in [0.1, 0.15) is 84.0 Å². The fourth-order valence-electron chi connectivity index (χ4n) is 3.66. The van der Waals surface area contributed by atoms with Crippen molar-refractivity contribution in [2.24, 2.45) is 5.73 Å². The molecule has 1 aliphatic rings. The second-order valence-corrected chi connectivity index (χ2v) is 12.3. The predicted molar refractivity (Wildman–Crippen MR) is 119 cm³/mol. The Morgan fingerprint density at radius 3 is 2.03 bits per heavy atom. The molecule has 0 spiro atoms. The van der Waals surface area contributed by atoms with Gasteiger partial charge in [-0.25, -0.2) is 0 Å². The number of unbranched alkanes of at least 4 members (excludes halogenated alkanes) is 11. The van der Waals surface area contributed by atoms with Crippen molar-refractivity contribution in [3.05, 3.63) is 12.2 Å². The third-order valence-electron chi connectivity index (χ3n) is 5.84. The van der Waals surface area contributed by atoms with Gasteiger partial charge in [-0.3, -0.25) is 0 Å². The van der Waals surface area contributed by atoms with Gasteiger partial charge < -0.3 is 0 Å². The molecule has 8 nitrogen and oxygen atoms in total. The van der Waals surface area contributed by atoms with E-state index in [1.165, 1.54) is 64.2 Å². The van der Waals surface area contributed by atoms with Crippen LogP contribution in [-0.2, 0) is 5.69 Å². The summed E-state index contributed by atoms with van der Waals surface area (Å²) in [5.74, 6) is 0. The topological polar surface area (TPSA) is 146 Å². The Hall–Kier alpha value is 0.797. The van der Waals surface area contributed by atoms with Crippen molar-refractivity contribution in [1.82, 2.24) is 0 Å². The number of aliphatic hydroxyl groups excluding tert-OH is 5. The Labute approximate surface area is 214 Å². The Morgan fingerprint density at radius 2 is 1.47 bits per heavy atom. The molecule has 9 heteroatoms. The Morgan fingerprint density at radius 1 is 0.906 bits per heavy atom. The molecule has 0 radical (unpaired) electrons. The summed E-state index contributed by atoms with van der Waals surface area (Å²) in [6.07, 6.45) is 11.6. The summed E-state index contributed by atoms with van der Waals surface area (Å²) >= 11 is -2.06. The van der Waals surface area contributed by atoms with E-state index in [9.17, 15) is 25.5 Å². The third kappa shape index (κ3) is 12.5. The maximum atomic E-state index is 10.2. The first-order valence-electron chi connectivity index (χ1n) is 12.2. The number of nitrogens with two attached hydrogens (primary N) is 1. The van der Waals surface area contributed by atoms with Gasteiger partial charge in [-0.2, -0.15) is 0 Å². The summed E-state index contributed by atoms with van der Waals surface area (Å²) in [5, 5.41) is 49.0. The van der Waals surface area contributed by atoms with Crippen molar-refractivity contribution < 1.29 is 69.4 Å². The zero-order chi connectivity index (χ0) is 23.8. The minimum atomic E-state index is -2.06. The van der Waals surface area contributed by atoms with Gasteiger partial charge in [-0.15, -0.1) is 0 Å². The van der Waals surface area contributed by atoms with Gasteiger partial charge in [0.2, 0.25) is 0 Å². The van der Waals surface area contributed by atoms with Crippen molar-refractivity contribution in [2.75, 3.05) is 6.61 Å². The predicted octanol–water partition coefficient (Wildman–Crippen LogP) is 1.71. The molecule has 0 saturated carbocycles. The molecule has 1 fully saturated rings. The van der Waals surface area contributed by atoms with Crippen LogP contribution in [0.25, 0.3) is 0 Å². The average molecular weight is 588 g/mol. The Kier molecular flexibility index (Phi) is 18.3. The Bertz CT molecular complexity index is 483. The summed E-state index contributed by atoms with van der Waals surface area (Å²) in [4.78, 5) is 0. The third-order valence-corrected chi connectivity index (χ3v) is 8.93. The molecule has 1 aliphatic heterocycles. The summed E-state index contributed by atoms with van der Waals surface area (Å²) in [5.41, 5.74) is 6.02. The fraction of sp³-hybridized carbons (Fsp3) is 0.913. The molecule has 7 N–H and O–H groups in total. The molecule has 1 saturated heterocycles. The zero-order valence-corrected chi connectivity index (χ0v) is 22.7. The zero-order valence-electron chi connectivity index (χ0n) is 19.5. The van der Waals surface area contributed by atoms with Gasteiger partial charge in [-0.1, -0.05) is 32.6 Å². The quantitative estimate of drug-likeness (QED) is 0.105. The molecule has 0 aromatic heterocycles. The number of ether oxygens (including phenoxy) is 1. The normalized spacial score (nSPS) is 28.2. The molecule has 0 aromatic rings. The van der Waals surface area contributed by atoms with E-state index in [1.807, 2.05) is 6.08 Å². The van der Waals surface area contributed by atoms with Crippen LogP contribution in [0.3, 0.4) is 0 Å². The number of allylic oxidation sites excluding steroid dienone is 1. The van der Waals surface area contributed by atoms with Gasteiger partial charge in [0.1, 0.15) is 0 Å². The number of hydrogen-bond donors (Lipinski definition) is 6. The van der Waals surface area contributed by atoms with Crippen molar-refractivity contribution >= 4 is 0 Å². The molecule has 0 bridgehead atoms. The molecule has 0 aromatic carbocycles. The van der Waals surface area contributed by atoms with E-state index < -0.39 is 83.1 Å². The molecular weight excluding hydrogens is 542 g/mol. The number of hydrogen-bond acceptors (Lipinski definition) is 8. The standard InChI is InChI=1S/C17H34NO.C6H11O6.Ce/c1-2-3-4-5-6-7-8-9-10-11-12-13-14-15-17(19)16-18;7-1-2-3(8)4(9)5(10)6(11)12-2;/h14-17,19H,2-13,18H2,1H3;2-10H,1H2;/q;-1;+1/b15-14+;;/t;2-,3-,4+,5-,6?;/m.1./s1. The van der Waals surface area contributed by atoms with Gasteiger partial charge in [0.25, 0.3) is 0 Å². The molecule has 1 rings (SSSR count). The molecular formula is C23H45CeNO7. The maximum absolute atomic E-state index is 10.2. The first-order valence-corrected chi connectivity index (χ1v) is 15.3. The fourth-order valence-corrected chi connectivity index (χ4v) is 5.98. The second kappa shape index (κ2) is 19.0. The van der Waals surface area contributed by atoms with E-state index in [-0.39, 0.29) is 0 Å². The van der Waals surface area contributed by atoms with E-state index in [4.69, 9.17) is 11.4 Å². The summed E-state index contributed by atoms with van der Waals surface area (Å²) in [7, 11) is 0. The summed E-state index contributed by atoms with van der Waals surface area (Å²) in [6.45, 7) is 1.74. The van der Waals surface area contributed by atoms with Crippen LogP contribution >= 0.6 is 0 Å². The van der Waals surface area contributed by atoms with Crippen molar-refractivity contribution in [1.29, 1.82) is 0 Å². The SMILES string of the molecule is CCCCCCCCCCCCC/C=C/C(O)[CH](N)[Ce][O]C1O[C@H](CO)[C@@H](O)[C@H](O)[C@H]1O. The monoisotopic (exact) mass is 587 g/mol. The average Bonchev–Trinajstić information content (AvgIpc) is 2.79. The van der Waals surface area contributed by atoms with Gasteiger partial charge >= 0.3 is 184 Å². The van der Waals surface area contributed by atoms with E-state index in [2.05, 4.69) is 6.92 Å². The van der Waals surface area contributed by atoms with Crippen LogP contribution in [0.4, 0.5) is 0 Å². The van der Waals surface area contributed by atoms with Crippen molar-refractivity contribution in [2.45, 2.75) is 122 Å². The molecule has 0 amide bonds. The molecule has 0 aliphatic carbocycles. The number of rotatable bonds is 18. The molecule has 188 valence electrons. The molecule has 32 heavy (non-hydrogen) atoms. The van der Waals surface area contributed by atoms with Crippen molar-refractivity contribution in [3.8, 4) is 0 Å². The van der Waals surface area contributed by atoms with Gasteiger partial charge in [-0.05, 0) is 0 Å². The number of aliphatic hydroxyl groups is 5. The molecule has 1 heterocycles. The first kappa shape index (κ1) is 30.8. The van der Waals surface area contributed by atoms with Crippen LogP contribution < -0.4 is 5.73 Å². The summed E-state index contributed by atoms with van der Waals surface area (Å²) < 4.78 is 10.3. The summed E-state index contributed by atoms with van der Waals surface area (Å²) in [6, 6.07) is 0. The molecule has 7 atom stereocenters. The van der Waals surface area contributed by atoms with Gasteiger partial charge in [0.15, 0.2) is 0 Å². The van der Waals surface area contributed by atoms with Crippen LogP contribution in [0.5, 0.6) is 0 Å². The first-order chi connectivity index (χ1) is 15.4. The van der Waals surface area contributed by atoms with Crippen LogP contribution in [0, 0.1) is 38.2 Å². The second-order valence-electron chi connectivity index (χ2n) is 8.70. The van der Waals surface area contributed by atoms with E-state index in [1.54, 1.807) is 6.08 Å². The van der Waals surface area contributed by atoms with E-state index >= 15 is 0 Å². The van der Waals surface area contributed by atoms with E-state index in [0.29, 0.717) is 0 Å². The molecule has 3 unspecified atom stereocenters. The van der Waals surface area contributed by atoms with Gasteiger partial charge in [0, 0.05) is 0 Å². The minimum absolute atomic E-state index is 0.505. The van der Waals surface area contributed by atoms with Crippen LogP contribution in [-0.4, -0.2) is 70.5 Å². The van der Waals surface area contributed by atoms with E-state index in [0.717, 1.165) is 12.8 Å². The van der Waals surface area contributed by atoms with Gasteiger partial charge in [0.05, 0.1) is 0 Å². The Balaban J connectivity index is 2.10.